The van der Waals surface area contributed by atoms with Crippen LogP contribution in [-0.2, 0) is 0 Å². The molecule has 0 aliphatic rings. The molecule has 1 N–H and O–H groups in total. The Morgan fingerprint density at radius 3 is 1.74 bits per heavy atom. The quantitative estimate of drug-likeness (QED) is 0.595. The molecular formula is C15H13N5O7. The van der Waals surface area contributed by atoms with Gasteiger partial charge in [0.25, 0.3) is 23.0 Å². The van der Waals surface area contributed by atoms with E-state index in [-0.39, 0.29) is 22.6 Å². The zero-order valence-corrected chi connectivity index (χ0v) is 14.1. The fourth-order valence-corrected chi connectivity index (χ4v) is 2.34. The molecule has 0 unspecified atom stereocenters. The van der Waals surface area contributed by atoms with Crippen LogP contribution in [0.1, 0.15) is 10.4 Å². The van der Waals surface area contributed by atoms with Crippen molar-refractivity contribution in [2.45, 2.75) is 0 Å². The van der Waals surface area contributed by atoms with Gasteiger partial charge in [0.05, 0.1) is 20.3 Å². The van der Waals surface area contributed by atoms with Crippen LogP contribution < -0.4 is 10.2 Å². The number of amides is 1. The van der Waals surface area contributed by atoms with E-state index in [2.05, 4.69) is 5.32 Å². The van der Waals surface area contributed by atoms with Gasteiger partial charge in [-0.25, -0.2) is 0 Å². The molecular weight excluding hydrogens is 362 g/mol. The average Bonchev–Trinajstić information content (AvgIpc) is 2.60. The van der Waals surface area contributed by atoms with Crippen LogP contribution in [0.2, 0.25) is 0 Å². The van der Waals surface area contributed by atoms with E-state index in [4.69, 9.17) is 0 Å². The van der Waals surface area contributed by atoms with Crippen molar-refractivity contribution in [1.29, 1.82) is 0 Å². The standard InChI is InChI=1S/C15H13N5O7/c1-17(2)14-12(19(24)25)7-9(8-13(14)20(26)27)15(21)16-10-3-5-11(6-4-10)18(22)23/h3-8H,1-2H3,(H,16,21). The third kappa shape index (κ3) is 4.12. The van der Waals surface area contributed by atoms with Crippen LogP contribution in [0.3, 0.4) is 0 Å². The highest BCUT2D eigenvalue weighted by Gasteiger charge is 2.30. The summed E-state index contributed by atoms with van der Waals surface area (Å²) in [7, 11) is 2.82. The van der Waals surface area contributed by atoms with Crippen LogP contribution in [0.4, 0.5) is 28.4 Å². The first kappa shape index (κ1) is 19.2. The minimum atomic E-state index is -0.833. The molecule has 0 spiro atoms. The largest absolute Gasteiger partial charge is 0.366 e. The maximum absolute atomic E-state index is 12.4. The number of nitrogens with zero attached hydrogens (tertiary/aromatic N) is 4. The number of benzene rings is 2. The first-order valence-electron chi connectivity index (χ1n) is 7.31. The van der Waals surface area contributed by atoms with Gasteiger partial charge in [-0.15, -0.1) is 0 Å². The summed E-state index contributed by atoms with van der Waals surface area (Å²) in [5.74, 6) is -0.833. The normalized spacial score (nSPS) is 10.1. The molecule has 2 aromatic carbocycles. The molecule has 2 rings (SSSR count). The number of hydrogen-bond acceptors (Lipinski definition) is 8. The van der Waals surface area contributed by atoms with Gasteiger partial charge in [0.15, 0.2) is 5.69 Å². The number of nitrogens with one attached hydrogen (secondary N) is 1. The number of rotatable bonds is 6. The lowest BCUT2D eigenvalue weighted by Crippen LogP contribution is -2.17. The maximum atomic E-state index is 12.4. The highest BCUT2D eigenvalue weighted by atomic mass is 16.6. The molecule has 0 aromatic heterocycles. The lowest BCUT2D eigenvalue weighted by molar-refractivity contribution is -0.392. The van der Waals surface area contributed by atoms with E-state index in [9.17, 15) is 35.1 Å². The number of nitro benzene ring substituents is 3. The Labute approximate surface area is 151 Å². The summed E-state index contributed by atoms with van der Waals surface area (Å²) >= 11 is 0. The van der Waals surface area contributed by atoms with Crippen LogP contribution >= 0.6 is 0 Å². The Morgan fingerprint density at radius 1 is 0.889 bits per heavy atom. The summed E-state index contributed by atoms with van der Waals surface area (Å²) < 4.78 is 0. The van der Waals surface area contributed by atoms with Crippen LogP contribution in [-0.4, -0.2) is 34.8 Å². The fourth-order valence-electron chi connectivity index (χ4n) is 2.34. The molecule has 0 fully saturated rings. The summed E-state index contributed by atoms with van der Waals surface area (Å²) in [6, 6.07) is 6.73. The molecule has 2 aromatic rings. The molecule has 1 amide bonds. The van der Waals surface area contributed by atoms with Gasteiger partial charge < -0.3 is 10.2 Å². The van der Waals surface area contributed by atoms with E-state index in [1.54, 1.807) is 0 Å². The van der Waals surface area contributed by atoms with Crippen molar-refractivity contribution in [2.75, 3.05) is 24.3 Å². The number of carbonyl (C=O) groups is 1. The topological polar surface area (TPSA) is 162 Å². The fraction of sp³-hybridized carbons (Fsp3) is 0.133. The molecule has 27 heavy (non-hydrogen) atoms. The van der Waals surface area contributed by atoms with E-state index >= 15 is 0 Å². The van der Waals surface area contributed by atoms with Crippen LogP contribution in [0.5, 0.6) is 0 Å². The Bertz CT molecular complexity index is 905. The number of hydrogen-bond donors (Lipinski definition) is 1. The SMILES string of the molecule is CN(C)c1c([N+](=O)[O-])cc(C(=O)Nc2ccc([N+](=O)[O-])cc2)cc1[N+](=O)[O-]. The molecule has 0 atom stereocenters. The second-order valence-corrected chi connectivity index (χ2v) is 5.53. The van der Waals surface area contributed by atoms with Gasteiger partial charge >= 0.3 is 0 Å². The number of non-ortho nitro benzene ring substituents is 1. The summed E-state index contributed by atoms with van der Waals surface area (Å²) in [5, 5.41) is 35.6. The van der Waals surface area contributed by atoms with E-state index < -0.39 is 32.1 Å². The molecule has 0 saturated heterocycles. The summed E-state index contributed by atoms with van der Waals surface area (Å²) in [4.78, 5) is 44.6. The zero-order chi connectivity index (χ0) is 20.3. The highest BCUT2D eigenvalue weighted by Crippen LogP contribution is 2.37. The highest BCUT2D eigenvalue weighted by molar-refractivity contribution is 6.06. The number of nitro groups is 3. The van der Waals surface area contributed by atoms with Gasteiger partial charge in [0.2, 0.25) is 0 Å². The first-order chi connectivity index (χ1) is 12.6. The van der Waals surface area contributed by atoms with E-state index in [1.807, 2.05) is 0 Å². The van der Waals surface area contributed by atoms with Crippen molar-refractivity contribution in [3.8, 4) is 0 Å². The van der Waals surface area contributed by atoms with Gasteiger partial charge in [-0.2, -0.15) is 0 Å². The van der Waals surface area contributed by atoms with Crippen LogP contribution in [0.25, 0.3) is 0 Å². The average molecular weight is 375 g/mol. The van der Waals surface area contributed by atoms with Gasteiger partial charge in [-0.05, 0) is 12.1 Å². The number of carbonyl (C=O) groups excluding carboxylic acids is 1. The zero-order valence-electron chi connectivity index (χ0n) is 14.1. The molecule has 0 aliphatic heterocycles. The Balaban J connectivity index is 2.45. The van der Waals surface area contributed by atoms with Gasteiger partial charge in [0, 0.05) is 44.0 Å². The van der Waals surface area contributed by atoms with Crippen LogP contribution in [0, 0.1) is 30.3 Å². The summed E-state index contributed by atoms with van der Waals surface area (Å²) in [6.07, 6.45) is 0. The van der Waals surface area contributed by atoms with Gasteiger partial charge in [-0.3, -0.25) is 35.1 Å². The number of anilines is 2. The minimum absolute atomic E-state index is 0.186. The van der Waals surface area contributed by atoms with Gasteiger partial charge in [0.1, 0.15) is 0 Å². The van der Waals surface area contributed by atoms with Crippen molar-refractivity contribution in [3.63, 3.8) is 0 Å². The predicted molar refractivity (Wildman–Crippen MR) is 95.1 cm³/mol. The second-order valence-electron chi connectivity index (χ2n) is 5.53. The first-order valence-corrected chi connectivity index (χ1v) is 7.31. The molecule has 0 saturated carbocycles. The lowest BCUT2D eigenvalue weighted by atomic mass is 10.1. The van der Waals surface area contributed by atoms with Crippen LogP contribution in [0.15, 0.2) is 36.4 Å². The predicted octanol–water partition coefficient (Wildman–Crippen LogP) is 2.73. The molecule has 0 aliphatic carbocycles. The Hall–Kier alpha value is -4.09. The van der Waals surface area contributed by atoms with Crippen molar-refractivity contribution in [2.24, 2.45) is 0 Å². The smallest absolute Gasteiger partial charge is 0.300 e. The molecule has 12 nitrogen and oxygen atoms in total. The summed E-state index contributed by atoms with van der Waals surface area (Å²) in [6.45, 7) is 0. The Kier molecular flexibility index (Phi) is 5.29. The third-order valence-electron chi connectivity index (χ3n) is 3.51. The van der Waals surface area contributed by atoms with E-state index in [1.165, 1.54) is 31.1 Å². The van der Waals surface area contributed by atoms with Crippen molar-refractivity contribution >= 4 is 34.3 Å². The minimum Gasteiger partial charge on any atom is -0.366 e. The monoisotopic (exact) mass is 375 g/mol. The maximum Gasteiger partial charge on any atom is 0.300 e. The molecule has 12 heteroatoms. The lowest BCUT2D eigenvalue weighted by Gasteiger charge is -2.14. The molecule has 0 bridgehead atoms. The Morgan fingerprint density at radius 2 is 1.37 bits per heavy atom. The van der Waals surface area contributed by atoms with E-state index in [0.717, 1.165) is 24.3 Å². The molecule has 0 radical (unpaired) electrons. The van der Waals surface area contributed by atoms with Crippen molar-refractivity contribution in [3.05, 3.63) is 72.3 Å². The third-order valence-corrected chi connectivity index (χ3v) is 3.51. The molecule has 140 valence electrons. The van der Waals surface area contributed by atoms with Crippen molar-refractivity contribution < 1.29 is 19.6 Å². The summed E-state index contributed by atoms with van der Waals surface area (Å²) in [5.41, 5.74) is -1.72. The van der Waals surface area contributed by atoms with E-state index in [0.29, 0.717) is 0 Å². The second kappa shape index (κ2) is 7.43. The van der Waals surface area contributed by atoms with Crippen molar-refractivity contribution in [1.82, 2.24) is 0 Å². The van der Waals surface area contributed by atoms with Gasteiger partial charge in [-0.1, -0.05) is 0 Å². The molecule has 0 heterocycles.